The normalized spacial score (nSPS) is 10.5. The Balaban J connectivity index is 2.28. The van der Waals surface area contributed by atoms with Gasteiger partial charge in [-0.3, -0.25) is 10.1 Å². The van der Waals surface area contributed by atoms with Crippen molar-refractivity contribution in [3.63, 3.8) is 0 Å². The summed E-state index contributed by atoms with van der Waals surface area (Å²) in [5.41, 5.74) is -0.489. The highest BCUT2D eigenvalue weighted by molar-refractivity contribution is 9.10. The third-order valence-corrected chi connectivity index (χ3v) is 3.19. The number of benzene rings is 2. The summed E-state index contributed by atoms with van der Waals surface area (Å²) in [6.45, 7) is -0.185. The minimum atomic E-state index is -1.11. The zero-order valence-electron chi connectivity index (χ0n) is 10.4. The van der Waals surface area contributed by atoms with Crippen LogP contribution in [-0.2, 0) is 6.54 Å². The zero-order valence-corrected chi connectivity index (χ0v) is 12.0. The number of nitro groups is 1. The third-order valence-electron chi connectivity index (χ3n) is 2.70. The largest absolute Gasteiger partial charge is 0.376 e. The average molecular weight is 361 g/mol. The topological polar surface area (TPSA) is 55.2 Å². The van der Waals surface area contributed by atoms with Gasteiger partial charge in [-0.1, -0.05) is 15.9 Å². The summed E-state index contributed by atoms with van der Waals surface area (Å²) in [7, 11) is 0. The Morgan fingerprint density at radius 2 is 1.76 bits per heavy atom. The van der Waals surface area contributed by atoms with E-state index in [0.717, 1.165) is 0 Å². The number of nitrogens with zero attached hydrogens (tertiary/aromatic N) is 1. The van der Waals surface area contributed by atoms with Gasteiger partial charge in [0, 0.05) is 34.8 Å². The Bertz CT molecular complexity index is 687. The van der Waals surface area contributed by atoms with Gasteiger partial charge in [-0.15, -0.1) is 0 Å². The highest BCUT2D eigenvalue weighted by Crippen LogP contribution is 2.26. The van der Waals surface area contributed by atoms with Gasteiger partial charge >= 0.3 is 0 Å². The van der Waals surface area contributed by atoms with Crippen molar-refractivity contribution in [2.24, 2.45) is 0 Å². The molecule has 2 aromatic carbocycles. The molecule has 0 bridgehead atoms. The van der Waals surface area contributed by atoms with Crippen molar-refractivity contribution < 1.29 is 18.1 Å². The van der Waals surface area contributed by atoms with Crippen molar-refractivity contribution in [2.75, 3.05) is 5.32 Å². The Kier molecular flexibility index (Phi) is 4.46. The minimum Gasteiger partial charge on any atom is -0.376 e. The lowest BCUT2D eigenvalue weighted by atomic mass is 10.1. The summed E-state index contributed by atoms with van der Waals surface area (Å²) in [5, 5.41) is 13.3. The first-order valence-electron chi connectivity index (χ1n) is 5.69. The quantitative estimate of drug-likeness (QED) is 0.649. The Morgan fingerprint density at radius 1 is 1.14 bits per heavy atom. The highest BCUT2D eigenvalue weighted by Gasteiger charge is 2.16. The van der Waals surface area contributed by atoms with Crippen LogP contribution >= 0.6 is 15.9 Å². The lowest BCUT2D eigenvalue weighted by Gasteiger charge is -2.09. The fourth-order valence-electron chi connectivity index (χ4n) is 1.77. The molecule has 0 unspecified atom stereocenters. The van der Waals surface area contributed by atoms with E-state index in [9.17, 15) is 23.3 Å². The minimum absolute atomic E-state index is 0.185. The van der Waals surface area contributed by atoms with Gasteiger partial charge in [0.25, 0.3) is 5.69 Å². The van der Waals surface area contributed by atoms with Gasteiger partial charge < -0.3 is 5.32 Å². The van der Waals surface area contributed by atoms with Crippen molar-refractivity contribution in [2.45, 2.75) is 6.54 Å². The van der Waals surface area contributed by atoms with Gasteiger partial charge in [-0.2, -0.15) is 0 Å². The molecule has 0 radical (unpaired) electrons. The van der Waals surface area contributed by atoms with Gasteiger partial charge in [-0.05, 0) is 12.1 Å². The average Bonchev–Trinajstić information content (AvgIpc) is 2.37. The fourth-order valence-corrected chi connectivity index (χ4v) is 2.18. The molecule has 0 aliphatic heterocycles. The van der Waals surface area contributed by atoms with Crippen LogP contribution in [0.25, 0.3) is 0 Å². The second-order valence-electron chi connectivity index (χ2n) is 4.13. The van der Waals surface area contributed by atoms with Crippen LogP contribution < -0.4 is 5.32 Å². The molecule has 0 aliphatic carbocycles. The second-order valence-corrected chi connectivity index (χ2v) is 5.04. The molecule has 110 valence electrons. The van der Waals surface area contributed by atoms with E-state index in [-0.39, 0.29) is 17.8 Å². The monoisotopic (exact) mass is 360 g/mol. The van der Waals surface area contributed by atoms with Crippen LogP contribution in [0.1, 0.15) is 5.56 Å². The summed E-state index contributed by atoms with van der Waals surface area (Å²) in [5.74, 6) is -3.25. The van der Waals surface area contributed by atoms with Crippen molar-refractivity contribution >= 4 is 27.3 Å². The molecule has 0 aliphatic rings. The number of nitrogens with one attached hydrogen (secondary N) is 1. The number of halogens is 4. The van der Waals surface area contributed by atoms with E-state index in [1.807, 2.05) is 0 Å². The summed E-state index contributed by atoms with van der Waals surface area (Å²) < 4.78 is 40.3. The van der Waals surface area contributed by atoms with Crippen molar-refractivity contribution in [1.29, 1.82) is 0 Å². The molecule has 8 heteroatoms. The molecular formula is C13H8BrF3N2O2. The Morgan fingerprint density at radius 3 is 2.33 bits per heavy atom. The molecule has 0 fully saturated rings. The lowest BCUT2D eigenvalue weighted by molar-refractivity contribution is -0.385. The van der Waals surface area contributed by atoms with Gasteiger partial charge in [0.2, 0.25) is 0 Å². The summed E-state index contributed by atoms with van der Waals surface area (Å²) in [6.07, 6.45) is 0. The number of rotatable bonds is 4. The van der Waals surface area contributed by atoms with E-state index in [1.54, 1.807) is 0 Å². The fraction of sp³-hybridized carbons (Fsp3) is 0.0769. The molecule has 0 amide bonds. The number of nitro benzene ring substituents is 1. The smallest absolute Gasteiger partial charge is 0.274 e. The molecule has 0 saturated heterocycles. The molecule has 0 saturated carbocycles. The van der Waals surface area contributed by atoms with Gasteiger partial charge in [0.15, 0.2) is 11.6 Å². The first kappa shape index (κ1) is 15.3. The first-order chi connectivity index (χ1) is 9.88. The van der Waals surface area contributed by atoms with Crippen molar-refractivity contribution in [3.8, 4) is 0 Å². The molecule has 1 N–H and O–H groups in total. The summed E-state index contributed by atoms with van der Waals surface area (Å²) in [4.78, 5) is 10.3. The maximum atomic E-state index is 13.5. The molecule has 0 aromatic heterocycles. The molecule has 4 nitrogen and oxygen atoms in total. The predicted octanol–water partition coefficient (Wildman–Crippen LogP) is 4.39. The molecule has 2 aromatic rings. The van der Waals surface area contributed by atoms with Crippen molar-refractivity contribution in [1.82, 2.24) is 0 Å². The molecule has 0 heterocycles. The summed E-state index contributed by atoms with van der Waals surface area (Å²) in [6, 6.07) is 5.28. The number of anilines is 1. The third kappa shape index (κ3) is 3.52. The highest BCUT2D eigenvalue weighted by atomic mass is 79.9. The Labute approximate surface area is 125 Å². The van der Waals surface area contributed by atoms with E-state index < -0.39 is 28.1 Å². The van der Waals surface area contributed by atoms with Crippen LogP contribution in [0.2, 0.25) is 0 Å². The number of hydrogen-bond acceptors (Lipinski definition) is 3. The molecular weight excluding hydrogens is 353 g/mol. The number of hydrogen-bond donors (Lipinski definition) is 1. The summed E-state index contributed by atoms with van der Waals surface area (Å²) >= 11 is 3.16. The maximum Gasteiger partial charge on any atom is 0.274 e. The zero-order chi connectivity index (χ0) is 15.6. The van der Waals surface area contributed by atoms with E-state index >= 15 is 0 Å². The lowest BCUT2D eigenvalue weighted by Crippen LogP contribution is -2.06. The molecule has 0 spiro atoms. The Hall–Kier alpha value is -2.09. The maximum absolute atomic E-state index is 13.5. The molecule has 21 heavy (non-hydrogen) atoms. The van der Waals surface area contributed by atoms with Crippen LogP contribution in [-0.4, -0.2) is 4.92 Å². The van der Waals surface area contributed by atoms with Gasteiger partial charge in [0.1, 0.15) is 11.5 Å². The first-order valence-corrected chi connectivity index (χ1v) is 6.49. The predicted molar refractivity (Wildman–Crippen MR) is 74.4 cm³/mol. The van der Waals surface area contributed by atoms with Crippen molar-refractivity contribution in [3.05, 3.63) is 67.9 Å². The second kappa shape index (κ2) is 6.13. The SMILES string of the molecule is O=[N+]([O-])c1ccc(Br)cc1CNc1c(F)cc(F)cc1F. The van der Waals surface area contributed by atoms with Crippen LogP contribution in [0.5, 0.6) is 0 Å². The van der Waals surface area contributed by atoms with E-state index in [2.05, 4.69) is 21.2 Å². The van der Waals surface area contributed by atoms with Gasteiger partial charge in [-0.25, -0.2) is 13.2 Å². The van der Waals surface area contributed by atoms with Crippen LogP contribution in [0.4, 0.5) is 24.5 Å². The van der Waals surface area contributed by atoms with Gasteiger partial charge in [0.05, 0.1) is 4.92 Å². The van der Waals surface area contributed by atoms with E-state index in [1.165, 1.54) is 18.2 Å². The van der Waals surface area contributed by atoms with Crippen LogP contribution in [0.3, 0.4) is 0 Å². The van der Waals surface area contributed by atoms with E-state index in [4.69, 9.17) is 0 Å². The standard InChI is InChI=1S/C13H8BrF3N2O2/c14-8-1-2-12(19(20)21)7(3-8)6-18-13-10(16)4-9(15)5-11(13)17/h1-5,18H,6H2. The molecule has 2 rings (SSSR count). The van der Waals surface area contributed by atoms with Crippen LogP contribution in [0, 0.1) is 27.6 Å². The van der Waals surface area contributed by atoms with Crippen LogP contribution in [0.15, 0.2) is 34.8 Å². The van der Waals surface area contributed by atoms with E-state index in [0.29, 0.717) is 16.6 Å². The molecule has 0 atom stereocenters.